The molecule has 1 fully saturated rings. The van der Waals surface area contributed by atoms with Gasteiger partial charge in [0.25, 0.3) is 5.69 Å². The van der Waals surface area contributed by atoms with Gasteiger partial charge in [-0.25, -0.2) is 0 Å². The van der Waals surface area contributed by atoms with Gasteiger partial charge in [-0.1, -0.05) is 36.4 Å². The van der Waals surface area contributed by atoms with Crippen LogP contribution in [0.3, 0.4) is 0 Å². The quantitative estimate of drug-likeness (QED) is 0.634. The smallest absolute Gasteiger partial charge is 0.271 e. The molecule has 3 rings (SSSR count). The van der Waals surface area contributed by atoms with Gasteiger partial charge < -0.3 is 10.6 Å². The van der Waals surface area contributed by atoms with Crippen LogP contribution in [-0.4, -0.2) is 16.9 Å². The van der Waals surface area contributed by atoms with Gasteiger partial charge in [-0.05, 0) is 24.5 Å². The van der Waals surface area contributed by atoms with Crippen molar-refractivity contribution in [3.63, 3.8) is 0 Å². The van der Waals surface area contributed by atoms with Crippen LogP contribution >= 0.6 is 0 Å². The monoisotopic (exact) mass is 311 g/mol. The second-order valence-corrected chi connectivity index (χ2v) is 5.58. The van der Waals surface area contributed by atoms with Crippen molar-refractivity contribution < 1.29 is 9.72 Å². The van der Waals surface area contributed by atoms with Crippen LogP contribution in [0.2, 0.25) is 0 Å². The predicted molar refractivity (Wildman–Crippen MR) is 87.1 cm³/mol. The van der Waals surface area contributed by atoms with Crippen molar-refractivity contribution in [1.29, 1.82) is 0 Å². The first kappa shape index (κ1) is 15.0. The number of carbonyl (C=O) groups excluding carboxylic acids is 1. The van der Waals surface area contributed by atoms with Gasteiger partial charge in [0.1, 0.15) is 6.04 Å². The van der Waals surface area contributed by atoms with Gasteiger partial charge >= 0.3 is 0 Å². The second-order valence-electron chi connectivity index (χ2n) is 5.58. The van der Waals surface area contributed by atoms with E-state index in [1.54, 1.807) is 12.1 Å². The number of nitro groups is 1. The lowest BCUT2D eigenvalue weighted by Gasteiger charge is -2.20. The molecule has 1 aliphatic carbocycles. The fourth-order valence-corrected chi connectivity index (χ4v) is 2.33. The van der Waals surface area contributed by atoms with Crippen molar-refractivity contribution >= 4 is 17.3 Å². The molecule has 0 aliphatic heterocycles. The summed E-state index contributed by atoms with van der Waals surface area (Å²) >= 11 is 0. The number of amides is 1. The molecule has 0 bridgehead atoms. The molecule has 1 aliphatic rings. The first-order valence-electron chi connectivity index (χ1n) is 7.50. The Hall–Kier alpha value is -2.89. The molecule has 1 saturated carbocycles. The number of nitrogens with zero attached hydrogens (tertiary/aromatic N) is 1. The second kappa shape index (κ2) is 6.48. The first-order chi connectivity index (χ1) is 11.1. The van der Waals surface area contributed by atoms with Gasteiger partial charge in [0.05, 0.1) is 4.92 Å². The van der Waals surface area contributed by atoms with Gasteiger partial charge in [-0.2, -0.15) is 0 Å². The molecule has 0 radical (unpaired) electrons. The van der Waals surface area contributed by atoms with E-state index in [2.05, 4.69) is 10.6 Å². The average Bonchev–Trinajstić information content (AvgIpc) is 3.37. The predicted octanol–water partition coefficient (Wildman–Crippen LogP) is 3.03. The summed E-state index contributed by atoms with van der Waals surface area (Å²) < 4.78 is 0. The van der Waals surface area contributed by atoms with Gasteiger partial charge in [0.15, 0.2) is 0 Å². The standard InChI is InChI=1S/C17H17N3O3/c21-17(19-13-9-10-13)16(12-5-2-1-3-6-12)18-14-7-4-8-15(11-14)20(22)23/h1-8,11,13,16,18H,9-10H2,(H,19,21)/t16-/m1/s1. The summed E-state index contributed by atoms with van der Waals surface area (Å²) in [7, 11) is 0. The summed E-state index contributed by atoms with van der Waals surface area (Å²) in [5.41, 5.74) is 1.35. The van der Waals surface area contributed by atoms with E-state index >= 15 is 0 Å². The molecule has 118 valence electrons. The first-order valence-corrected chi connectivity index (χ1v) is 7.50. The Kier molecular flexibility index (Phi) is 4.23. The zero-order valence-electron chi connectivity index (χ0n) is 12.4. The zero-order chi connectivity index (χ0) is 16.2. The summed E-state index contributed by atoms with van der Waals surface area (Å²) in [4.78, 5) is 23.0. The molecular weight excluding hydrogens is 294 g/mol. The van der Waals surface area contributed by atoms with E-state index in [4.69, 9.17) is 0 Å². The normalized spacial score (nSPS) is 14.8. The summed E-state index contributed by atoms with van der Waals surface area (Å²) in [6.45, 7) is 0. The minimum absolute atomic E-state index is 0.00980. The molecule has 6 nitrogen and oxygen atoms in total. The lowest BCUT2D eigenvalue weighted by atomic mass is 10.1. The SMILES string of the molecule is O=C(NC1CC1)[C@H](Nc1cccc([N+](=O)[O-])c1)c1ccccc1. The van der Waals surface area contributed by atoms with Crippen molar-refractivity contribution in [2.24, 2.45) is 0 Å². The molecule has 1 amide bonds. The number of hydrogen-bond acceptors (Lipinski definition) is 4. The molecular formula is C17H17N3O3. The molecule has 2 aromatic rings. The maximum Gasteiger partial charge on any atom is 0.271 e. The third-order valence-corrected chi connectivity index (χ3v) is 3.69. The van der Waals surface area contributed by atoms with Crippen molar-refractivity contribution in [3.8, 4) is 0 Å². The maximum atomic E-state index is 12.5. The number of non-ortho nitro benzene ring substituents is 1. The lowest BCUT2D eigenvalue weighted by Crippen LogP contribution is -2.34. The Morgan fingerprint density at radius 1 is 1.13 bits per heavy atom. The van der Waals surface area contributed by atoms with E-state index in [9.17, 15) is 14.9 Å². The minimum atomic E-state index is -0.584. The van der Waals surface area contributed by atoms with Crippen LogP contribution in [0.4, 0.5) is 11.4 Å². The fourth-order valence-electron chi connectivity index (χ4n) is 2.33. The van der Waals surface area contributed by atoms with E-state index in [1.165, 1.54) is 12.1 Å². The largest absolute Gasteiger partial charge is 0.370 e. The number of benzene rings is 2. The third kappa shape index (κ3) is 3.85. The van der Waals surface area contributed by atoms with Crippen LogP contribution in [0.5, 0.6) is 0 Å². The zero-order valence-corrected chi connectivity index (χ0v) is 12.4. The Labute approximate surface area is 133 Å². The van der Waals surface area contributed by atoms with Crippen molar-refractivity contribution in [1.82, 2.24) is 5.32 Å². The molecule has 0 saturated heterocycles. The van der Waals surface area contributed by atoms with Crippen LogP contribution in [0.1, 0.15) is 24.4 Å². The van der Waals surface area contributed by atoms with Crippen LogP contribution in [0, 0.1) is 10.1 Å². The van der Waals surface area contributed by atoms with E-state index in [1.807, 2.05) is 30.3 Å². The van der Waals surface area contributed by atoms with Gasteiger partial charge in [0, 0.05) is 23.9 Å². The molecule has 1 atom stereocenters. The summed E-state index contributed by atoms with van der Waals surface area (Å²) in [5, 5.41) is 17.0. The Bertz CT molecular complexity index is 714. The van der Waals surface area contributed by atoms with Gasteiger partial charge in [-0.3, -0.25) is 14.9 Å². The van der Waals surface area contributed by atoms with Crippen LogP contribution in [-0.2, 0) is 4.79 Å². The highest BCUT2D eigenvalue weighted by Gasteiger charge is 2.28. The van der Waals surface area contributed by atoms with E-state index in [0.717, 1.165) is 18.4 Å². The van der Waals surface area contributed by atoms with E-state index < -0.39 is 11.0 Å². The van der Waals surface area contributed by atoms with Crippen LogP contribution in [0.15, 0.2) is 54.6 Å². The van der Waals surface area contributed by atoms with Crippen molar-refractivity contribution in [2.45, 2.75) is 24.9 Å². The van der Waals surface area contributed by atoms with E-state index in [0.29, 0.717) is 5.69 Å². The Morgan fingerprint density at radius 3 is 2.52 bits per heavy atom. The lowest BCUT2D eigenvalue weighted by molar-refractivity contribution is -0.384. The minimum Gasteiger partial charge on any atom is -0.370 e. The van der Waals surface area contributed by atoms with Gasteiger partial charge in [-0.15, -0.1) is 0 Å². The Morgan fingerprint density at radius 2 is 1.87 bits per heavy atom. The molecule has 0 spiro atoms. The summed E-state index contributed by atoms with van der Waals surface area (Å²) in [6, 6.07) is 15.2. The molecule has 23 heavy (non-hydrogen) atoms. The van der Waals surface area contributed by atoms with E-state index in [-0.39, 0.29) is 17.6 Å². The summed E-state index contributed by atoms with van der Waals surface area (Å²) in [6.07, 6.45) is 2.01. The van der Waals surface area contributed by atoms with Crippen LogP contribution in [0.25, 0.3) is 0 Å². The highest BCUT2D eigenvalue weighted by atomic mass is 16.6. The molecule has 0 aromatic heterocycles. The topological polar surface area (TPSA) is 84.3 Å². The number of nitro benzene ring substituents is 1. The third-order valence-electron chi connectivity index (χ3n) is 3.69. The highest BCUT2D eigenvalue weighted by molar-refractivity contribution is 5.86. The van der Waals surface area contributed by atoms with Crippen molar-refractivity contribution in [3.05, 3.63) is 70.3 Å². The summed E-state index contributed by atoms with van der Waals surface area (Å²) in [5.74, 6) is -0.120. The number of nitrogens with one attached hydrogen (secondary N) is 2. The van der Waals surface area contributed by atoms with Crippen molar-refractivity contribution in [2.75, 3.05) is 5.32 Å². The van der Waals surface area contributed by atoms with Gasteiger partial charge in [0.2, 0.25) is 5.91 Å². The average molecular weight is 311 g/mol. The number of carbonyl (C=O) groups is 1. The highest BCUT2D eigenvalue weighted by Crippen LogP contribution is 2.25. The molecule has 2 aromatic carbocycles. The number of rotatable bonds is 6. The van der Waals surface area contributed by atoms with Crippen LogP contribution < -0.4 is 10.6 Å². The number of hydrogen-bond donors (Lipinski definition) is 2. The molecule has 2 N–H and O–H groups in total. The number of anilines is 1. The molecule has 0 unspecified atom stereocenters. The molecule has 6 heteroatoms. The molecule has 0 heterocycles. The maximum absolute atomic E-state index is 12.5. The fraction of sp³-hybridized carbons (Fsp3) is 0.235. The Balaban J connectivity index is 1.84.